The molecule has 11 heteroatoms. The van der Waals surface area contributed by atoms with Crippen molar-refractivity contribution < 1.29 is 0 Å². The number of hydrogen-bond acceptors (Lipinski definition) is 7. The quantitative estimate of drug-likeness (QED) is 0.429. The SMILES string of the molecule is Cc1c(-c2ccn(C)n2)cn2nc(-c3nccn3C)nc(Nc3cc(-n4ccnc4)ccn3)c12. The number of hydrogen-bond donors (Lipinski definition) is 1. The number of fused-ring (bicyclic) bond motifs is 1. The van der Waals surface area contributed by atoms with Crippen molar-refractivity contribution in [2.75, 3.05) is 5.32 Å². The first-order valence-corrected chi connectivity index (χ1v) is 10.7. The van der Waals surface area contributed by atoms with E-state index in [4.69, 9.17) is 10.1 Å². The lowest BCUT2D eigenvalue weighted by Crippen LogP contribution is -2.07. The molecule has 0 aliphatic heterocycles. The predicted molar refractivity (Wildman–Crippen MR) is 127 cm³/mol. The summed E-state index contributed by atoms with van der Waals surface area (Å²) in [6.45, 7) is 2.05. The van der Waals surface area contributed by atoms with Gasteiger partial charge in [0.15, 0.2) is 11.6 Å². The molecule has 0 saturated heterocycles. The fourth-order valence-corrected chi connectivity index (χ4v) is 3.99. The fraction of sp³-hybridized carbons (Fsp3) is 0.130. The standard InChI is InChI=1S/C23H21N11/c1-15-17(18-5-9-32(3)29-18)13-34-20(15)21(28-22(30-34)23-26-8-10-31(23)2)27-19-12-16(4-6-25-19)33-11-7-24-14-33/h4-14H,1-3H3,(H,25,27,28,30). The van der Waals surface area contributed by atoms with E-state index in [1.165, 1.54) is 0 Å². The van der Waals surface area contributed by atoms with E-state index in [-0.39, 0.29) is 0 Å². The highest BCUT2D eigenvalue weighted by molar-refractivity contribution is 5.84. The van der Waals surface area contributed by atoms with Crippen LogP contribution in [0.4, 0.5) is 11.6 Å². The van der Waals surface area contributed by atoms with Crippen molar-refractivity contribution in [3.63, 3.8) is 0 Å². The van der Waals surface area contributed by atoms with Gasteiger partial charge in [0, 0.05) is 69.1 Å². The molecule has 0 aliphatic rings. The summed E-state index contributed by atoms with van der Waals surface area (Å²) in [4.78, 5) is 17.9. The van der Waals surface area contributed by atoms with Crippen LogP contribution in [-0.2, 0) is 14.1 Å². The van der Waals surface area contributed by atoms with E-state index in [2.05, 4.69) is 25.4 Å². The van der Waals surface area contributed by atoms with Crippen molar-refractivity contribution in [1.29, 1.82) is 0 Å². The number of rotatable bonds is 5. The van der Waals surface area contributed by atoms with Crippen LogP contribution in [0.25, 0.3) is 34.1 Å². The molecule has 0 unspecified atom stereocenters. The first-order valence-electron chi connectivity index (χ1n) is 10.7. The summed E-state index contributed by atoms with van der Waals surface area (Å²) < 4.78 is 7.42. The highest BCUT2D eigenvalue weighted by Gasteiger charge is 2.20. The number of anilines is 2. The van der Waals surface area contributed by atoms with E-state index in [1.54, 1.807) is 29.6 Å². The molecule has 6 heterocycles. The molecular formula is C23H21N11. The van der Waals surface area contributed by atoms with Crippen LogP contribution in [0.1, 0.15) is 5.56 Å². The van der Waals surface area contributed by atoms with Crippen LogP contribution in [0, 0.1) is 6.92 Å². The van der Waals surface area contributed by atoms with Crippen molar-refractivity contribution >= 4 is 17.2 Å². The Morgan fingerprint density at radius 3 is 2.59 bits per heavy atom. The van der Waals surface area contributed by atoms with Crippen LogP contribution in [0.15, 0.2) is 67.9 Å². The third kappa shape index (κ3) is 3.30. The van der Waals surface area contributed by atoms with Crippen molar-refractivity contribution in [3.8, 4) is 28.6 Å². The van der Waals surface area contributed by atoms with Gasteiger partial charge in [0.05, 0.1) is 17.7 Å². The Labute approximate surface area is 194 Å². The molecule has 0 aliphatic carbocycles. The zero-order valence-electron chi connectivity index (χ0n) is 18.8. The van der Waals surface area contributed by atoms with Gasteiger partial charge in [-0.2, -0.15) is 5.10 Å². The van der Waals surface area contributed by atoms with Crippen LogP contribution < -0.4 is 5.32 Å². The summed E-state index contributed by atoms with van der Waals surface area (Å²) >= 11 is 0. The zero-order chi connectivity index (χ0) is 23.2. The molecule has 6 aromatic rings. The molecule has 168 valence electrons. The van der Waals surface area contributed by atoms with Crippen molar-refractivity contribution in [3.05, 3.63) is 73.5 Å². The maximum atomic E-state index is 4.85. The van der Waals surface area contributed by atoms with Gasteiger partial charge in [-0.25, -0.2) is 24.5 Å². The Kier molecular flexibility index (Phi) is 4.47. The molecule has 0 aromatic carbocycles. The van der Waals surface area contributed by atoms with Gasteiger partial charge in [-0.05, 0) is 24.6 Å². The minimum atomic E-state index is 0.496. The second-order valence-electron chi connectivity index (χ2n) is 7.98. The van der Waals surface area contributed by atoms with Crippen LogP contribution in [0.5, 0.6) is 0 Å². The van der Waals surface area contributed by atoms with Gasteiger partial charge >= 0.3 is 0 Å². The summed E-state index contributed by atoms with van der Waals surface area (Å²) in [5.74, 6) is 2.44. The number of nitrogens with one attached hydrogen (secondary N) is 1. The molecule has 6 rings (SSSR count). The summed E-state index contributed by atoms with van der Waals surface area (Å²) in [6, 6.07) is 5.85. The Morgan fingerprint density at radius 1 is 0.941 bits per heavy atom. The fourth-order valence-electron chi connectivity index (χ4n) is 3.99. The molecule has 0 fully saturated rings. The molecule has 0 spiro atoms. The number of aryl methyl sites for hydroxylation is 3. The number of pyridine rings is 1. The smallest absolute Gasteiger partial charge is 0.218 e. The Bertz CT molecular complexity index is 1620. The van der Waals surface area contributed by atoms with Gasteiger partial charge in [0.1, 0.15) is 11.3 Å². The van der Waals surface area contributed by atoms with Gasteiger partial charge < -0.3 is 14.5 Å². The first kappa shape index (κ1) is 19.9. The number of nitrogens with zero attached hydrogens (tertiary/aromatic N) is 10. The van der Waals surface area contributed by atoms with Crippen molar-refractivity contribution in [1.82, 2.24) is 48.5 Å². The topological polar surface area (TPSA) is 109 Å². The monoisotopic (exact) mass is 451 g/mol. The van der Waals surface area contributed by atoms with E-state index >= 15 is 0 Å². The first-order chi connectivity index (χ1) is 16.6. The third-order valence-corrected chi connectivity index (χ3v) is 5.69. The molecule has 0 amide bonds. The summed E-state index contributed by atoms with van der Waals surface area (Å²) in [6.07, 6.45) is 14.6. The van der Waals surface area contributed by atoms with Crippen LogP contribution in [-0.4, -0.2) is 48.5 Å². The molecule has 1 N–H and O–H groups in total. The normalized spacial score (nSPS) is 11.4. The average molecular weight is 451 g/mol. The predicted octanol–water partition coefficient (Wildman–Crippen LogP) is 3.16. The second kappa shape index (κ2) is 7.66. The molecule has 0 saturated carbocycles. The van der Waals surface area contributed by atoms with E-state index in [9.17, 15) is 0 Å². The van der Waals surface area contributed by atoms with Gasteiger partial charge in [-0.1, -0.05) is 0 Å². The van der Waals surface area contributed by atoms with E-state index in [0.29, 0.717) is 23.3 Å². The van der Waals surface area contributed by atoms with E-state index in [0.717, 1.165) is 28.0 Å². The van der Waals surface area contributed by atoms with E-state index < -0.39 is 0 Å². The van der Waals surface area contributed by atoms with Crippen LogP contribution >= 0.6 is 0 Å². The maximum Gasteiger partial charge on any atom is 0.218 e. The maximum absolute atomic E-state index is 4.85. The number of imidazole rings is 2. The lowest BCUT2D eigenvalue weighted by molar-refractivity contribution is 0.770. The van der Waals surface area contributed by atoms with Gasteiger partial charge in [0.25, 0.3) is 0 Å². The van der Waals surface area contributed by atoms with Gasteiger partial charge in [-0.3, -0.25) is 4.68 Å². The molecule has 0 atom stereocenters. The van der Waals surface area contributed by atoms with Gasteiger partial charge in [0.2, 0.25) is 5.82 Å². The zero-order valence-corrected chi connectivity index (χ0v) is 18.8. The largest absolute Gasteiger partial charge is 0.331 e. The third-order valence-electron chi connectivity index (χ3n) is 5.69. The summed E-state index contributed by atoms with van der Waals surface area (Å²) in [5, 5.41) is 12.7. The lowest BCUT2D eigenvalue weighted by Gasteiger charge is -2.11. The van der Waals surface area contributed by atoms with Crippen molar-refractivity contribution in [2.24, 2.45) is 14.1 Å². The van der Waals surface area contributed by atoms with Crippen molar-refractivity contribution in [2.45, 2.75) is 6.92 Å². The van der Waals surface area contributed by atoms with E-state index in [1.807, 2.05) is 77.7 Å². The lowest BCUT2D eigenvalue weighted by atomic mass is 10.1. The van der Waals surface area contributed by atoms with Crippen LogP contribution in [0.3, 0.4) is 0 Å². The minimum Gasteiger partial charge on any atom is -0.331 e. The second-order valence-corrected chi connectivity index (χ2v) is 7.98. The number of aromatic nitrogens is 10. The Balaban J connectivity index is 1.52. The molecule has 34 heavy (non-hydrogen) atoms. The highest BCUT2D eigenvalue weighted by atomic mass is 15.3. The molecule has 11 nitrogen and oxygen atoms in total. The Morgan fingerprint density at radius 2 is 1.85 bits per heavy atom. The van der Waals surface area contributed by atoms with Crippen LogP contribution in [0.2, 0.25) is 0 Å². The molecule has 6 aromatic heterocycles. The minimum absolute atomic E-state index is 0.496. The average Bonchev–Trinajstić information content (AvgIpc) is 3.62. The molecule has 0 radical (unpaired) electrons. The molecular weight excluding hydrogens is 430 g/mol. The Hall–Kier alpha value is -4.80. The highest BCUT2D eigenvalue weighted by Crippen LogP contribution is 2.32. The molecule has 0 bridgehead atoms. The van der Waals surface area contributed by atoms with Gasteiger partial charge in [-0.15, -0.1) is 5.10 Å². The summed E-state index contributed by atoms with van der Waals surface area (Å²) in [5.41, 5.74) is 4.64. The summed E-state index contributed by atoms with van der Waals surface area (Å²) in [7, 11) is 3.82.